The Balaban J connectivity index is 2.16. The number of fused-ring (bicyclic) bond motifs is 3. The van der Waals surface area contributed by atoms with Crippen molar-refractivity contribution in [1.29, 1.82) is 0 Å². The third-order valence-electron chi connectivity index (χ3n) is 4.83. The Bertz CT molecular complexity index is 1090. The Morgan fingerprint density at radius 3 is 1.72 bits per heavy atom. The Labute approximate surface area is 145 Å². The van der Waals surface area contributed by atoms with Crippen molar-refractivity contribution in [1.82, 2.24) is 4.57 Å². The molecule has 0 atom stereocenters. The molecule has 0 fully saturated rings. The number of aromatic nitrogens is 1. The molecule has 25 heavy (non-hydrogen) atoms. The maximum atomic E-state index is 11.2. The summed E-state index contributed by atoms with van der Waals surface area (Å²) in [5, 5.41) is 1.95. The van der Waals surface area contributed by atoms with Crippen LogP contribution in [0.3, 0.4) is 0 Å². The smallest absolute Gasteiger partial charge is 0.150 e. The van der Waals surface area contributed by atoms with E-state index in [0.29, 0.717) is 11.1 Å². The molecule has 3 heteroatoms. The van der Waals surface area contributed by atoms with Crippen molar-refractivity contribution in [3.63, 3.8) is 0 Å². The zero-order valence-electron chi connectivity index (χ0n) is 14.1. The molecule has 122 valence electrons. The zero-order chi connectivity index (χ0) is 17.6. The van der Waals surface area contributed by atoms with Crippen LogP contribution >= 0.6 is 0 Å². The summed E-state index contributed by atoms with van der Waals surface area (Å²) in [6.07, 6.45) is 1.70. The van der Waals surface area contributed by atoms with Gasteiger partial charge in [0.05, 0.1) is 11.0 Å². The lowest BCUT2D eigenvalue weighted by Gasteiger charge is -2.10. The second-order valence-corrected chi connectivity index (χ2v) is 6.39. The van der Waals surface area contributed by atoms with Crippen LogP contribution in [0.4, 0.5) is 0 Å². The number of hydrogen-bond acceptors (Lipinski definition) is 2. The minimum Gasteiger partial charge on any atom is -0.309 e. The minimum atomic E-state index is 0.628. The summed E-state index contributed by atoms with van der Waals surface area (Å²) in [4.78, 5) is 22.4. The molecule has 0 aliphatic carbocycles. The summed E-state index contributed by atoms with van der Waals surface area (Å²) in [6, 6.07) is 17.7. The van der Waals surface area contributed by atoms with Crippen LogP contribution in [0.5, 0.6) is 0 Å². The Hall–Kier alpha value is -3.20. The summed E-state index contributed by atoms with van der Waals surface area (Å²) >= 11 is 0. The number of aldehydes is 2. The van der Waals surface area contributed by atoms with Gasteiger partial charge in [0.25, 0.3) is 0 Å². The number of carbonyl (C=O) groups is 2. The third-order valence-corrected chi connectivity index (χ3v) is 4.83. The largest absolute Gasteiger partial charge is 0.309 e. The molecule has 0 amide bonds. The molecule has 0 spiro atoms. The molecule has 1 aromatic heterocycles. The molecular weight excluding hydrogens is 310 g/mol. The number of carbonyl (C=O) groups excluding carboxylic acids is 2. The van der Waals surface area contributed by atoms with Crippen molar-refractivity contribution >= 4 is 34.4 Å². The normalized spacial score (nSPS) is 11.1. The first-order valence-corrected chi connectivity index (χ1v) is 8.18. The minimum absolute atomic E-state index is 0.628. The summed E-state index contributed by atoms with van der Waals surface area (Å²) in [5.74, 6) is 0. The number of benzene rings is 3. The van der Waals surface area contributed by atoms with Crippen LogP contribution in [0.15, 0.2) is 54.6 Å². The van der Waals surface area contributed by atoms with Gasteiger partial charge in [0.2, 0.25) is 0 Å². The fourth-order valence-corrected chi connectivity index (χ4v) is 3.35. The van der Waals surface area contributed by atoms with Gasteiger partial charge in [-0.05, 0) is 73.5 Å². The molecule has 0 saturated heterocycles. The van der Waals surface area contributed by atoms with Gasteiger partial charge >= 0.3 is 0 Å². The number of hydrogen-bond donors (Lipinski definition) is 0. The van der Waals surface area contributed by atoms with Crippen LogP contribution in [0.1, 0.15) is 31.8 Å². The van der Waals surface area contributed by atoms with Crippen molar-refractivity contribution in [2.75, 3.05) is 0 Å². The highest BCUT2D eigenvalue weighted by Gasteiger charge is 2.13. The standard InChI is InChI=1S/C22H17NO2/c1-14-3-6-18(9-15(14)2)23-21-7-4-16(12-24)10-19(21)20-11-17(13-25)5-8-22(20)23/h3-13H,1-2H3. The predicted molar refractivity (Wildman–Crippen MR) is 101 cm³/mol. The topological polar surface area (TPSA) is 39.1 Å². The van der Waals surface area contributed by atoms with Gasteiger partial charge < -0.3 is 4.57 Å². The molecule has 0 N–H and O–H groups in total. The van der Waals surface area contributed by atoms with E-state index >= 15 is 0 Å². The van der Waals surface area contributed by atoms with Crippen LogP contribution in [0, 0.1) is 13.8 Å². The van der Waals surface area contributed by atoms with E-state index in [1.165, 1.54) is 11.1 Å². The van der Waals surface area contributed by atoms with Crippen molar-refractivity contribution in [3.8, 4) is 5.69 Å². The Kier molecular flexibility index (Phi) is 3.50. The average molecular weight is 327 g/mol. The van der Waals surface area contributed by atoms with Crippen molar-refractivity contribution < 1.29 is 9.59 Å². The van der Waals surface area contributed by atoms with Gasteiger partial charge in [-0.15, -0.1) is 0 Å². The molecule has 1 heterocycles. The van der Waals surface area contributed by atoms with Gasteiger partial charge in [-0.1, -0.05) is 6.07 Å². The molecule has 0 saturated carbocycles. The van der Waals surface area contributed by atoms with Crippen LogP contribution in [-0.2, 0) is 0 Å². The second-order valence-electron chi connectivity index (χ2n) is 6.39. The first kappa shape index (κ1) is 15.3. The van der Waals surface area contributed by atoms with E-state index in [2.05, 4.69) is 36.6 Å². The van der Waals surface area contributed by atoms with Crippen molar-refractivity contribution in [3.05, 3.63) is 76.9 Å². The van der Waals surface area contributed by atoms with Crippen LogP contribution in [-0.4, -0.2) is 17.1 Å². The van der Waals surface area contributed by atoms with Crippen LogP contribution < -0.4 is 0 Å². The maximum Gasteiger partial charge on any atom is 0.150 e. The maximum absolute atomic E-state index is 11.2. The molecule has 0 bridgehead atoms. The quantitative estimate of drug-likeness (QED) is 0.495. The van der Waals surface area contributed by atoms with Gasteiger partial charge in [0.1, 0.15) is 12.6 Å². The Morgan fingerprint density at radius 1 is 0.680 bits per heavy atom. The van der Waals surface area contributed by atoms with E-state index in [1.54, 1.807) is 0 Å². The summed E-state index contributed by atoms with van der Waals surface area (Å²) in [7, 11) is 0. The fraction of sp³-hybridized carbons (Fsp3) is 0.0909. The van der Waals surface area contributed by atoms with Gasteiger partial charge in [-0.3, -0.25) is 9.59 Å². The van der Waals surface area contributed by atoms with Crippen molar-refractivity contribution in [2.24, 2.45) is 0 Å². The van der Waals surface area contributed by atoms with Crippen LogP contribution in [0.25, 0.3) is 27.5 Å². The van der Waals surface area contributed by atoms with Crippen molar-refractivity contribution in [2.45, 2.75) is 13.8 Å². The first-order valence-electron chi connectivity index (χ1n) is 8.18. The zero-order valence-corrected chi connectivity index (χ0v) is 14.1. The summed E-state index contributed by atoms with van der Waals surface area (Å²) in [5.41, 5.74) is 6.84. The second kappa shape index (κ2) is 5.71. The molecule has 0 radical (unpaired) electrons. The van der Waals surface area contributed by atoms with E-state index < -0.39 is 0 Å². The SMILES string of the molecule is Cc1ccc(-n2c3ccc(C=O)cc3c3cc(C=O)ccc32)cc1C. The predicted octanol–water partition coefficient (Wildman–Crippen LogP) is 5.03. The molecule has 3 nitrogen and oxygen atoms in total. The van der Waals surface area contributed by atoms with E-state index in [1.807, 2.05) is 36.4 Å². The highest BCUT2D eigenvalue weighted by atomic mass is 16.1. The lowest BCUT2D eigenvalue weighted by Crippen LogP contribution is -1.95. The lowest BCUT2D eigenvalue weighted by molar-refractivity contribution is 0.111. The van der Waals surface area contributed by atoms with E-state index in [-0.39, 0.29) is 0 Å². The van der Waals surface area contributed by atoms with Gasteiger partial charge in [-0.2, -0.15) is 0 Å². The summed E-state index contributed by atoms with van der Waals surface area (Å²) in [6.45, 7) is 4.19. The third kappa shape index (κ3) is 2.36. The average Bonchev–Trinajstić information content (AvgIpc) is 2.96. The van der Waals surface area contributed by atoms with Gasteiger partial charge in [0.15, 0.2) is 0 Å². The Morgan fingerprint density at radius 2 is 1.24 bits per heavy atom. The van der Waals surface area contributed by atoms with E-state index in [0.717, 1.165) is 40.1 Å². The lowest BCUT2D eigenvalue weighted by atomic mass is 10.1. The van der Waals surface area contributed by atoms with Crippen LogP contribution in [0.2, 0.25) is 0 Å². The number of nitrogens with zero attached hydrogens (tertiary/aromatic N) is 1. The van der Waals surface area contributed by atoms with E-state index in [9.17, 15) is 9.59 Å². The first-order chi connectivity index (χ1) is 12.1. The summed E-state index contributed by atoms with van der Waals surface area (Å²) < 4.78 is 2.18. The highest BCUT2D eigenvalue weighted by Crippen LogP contribution is 2.33. The van der Waals surface area contributed by atoms with Gasteiger partial charge in [0, 0.05) is 27.6 Å². The monoisotopic (exact) mass is 327 g/mol. The molecule has 0 aliphatic heterocycles. The molecule has 0 aliphatic rings. The number of rotatable bonds is 3. The molecule has 4 rings (SSSR count). The number of aryl methyl sites for hydroxylation is 2. The van der Waals surface area contributed by atoms with Gasteiger partial charge in [-0.25, -0.2) is 0 Å². The molecular formula is C22H17NO2. The molecule has 3 aromatic carbocycles. The fourth-order valence-electron chi connectivity index (χ4n) is 3.35. The van der Waals surface area contributed by atoms with E-state index in [4.69, 9.17) is 0 Å². The molecule has 0 unspecified atom stereocenters. The highest BCUT2D eigenvalue weighted by molar-refractivity contribution is 6.11. The molecule has 4 aromatic rings.